The fourth-order valence-electron chi connectivity index (χ4n) is 2.27. The molecule has 1 saturated carbocycles. The number of rotatable bonds is 3. The molecule has 2 aromatic rings. The van der Waals surface area contributed by atoms with Crippen LogP contribution in [0.15, 0.2) is 17.5 Å². The third kappa shape index (κ3) is 1.45. The second-order valence-electron chi connectivity index (χ2n) is 4.42. The maximum atomic E-state index is 11.2. The minimum Gasteiger partial charge on any atom is -0.477 e. The van der Waals surface area contributed by atoms with Crippen molar-refractivity contribution in [3.05, 3.63) is 23.2 Å². The molecule has 1 fully saturated rings. The average molecular weight is 235 g/mol. The van der Waals surface area contributed by atoms with E-state index in [0.29, 0.717) is 11.6 Å². The van der Waals surface area contributed by atoms with Crippen molar-refractivity contribution >= 4 is 27.5 Å². The van der Waals surface area contributed by atoms with Gasteiger partial charge in [-0.25, -0.2) is 4.79 Å². The Bertz CT molecular complexity index is 536. The van der Waals surface area contributed by atoms with Crippen LogP contribution in [0.5, 0.6) is 0 Å². The summed E-state index contributed by atoms with van der Waals surface area (Å²) in [6.45, 7) is 0.867. The highest BCUT2D eigenvalue weighted by Crippen LogP contribution is 2.32. The minimum atomic E-state index is -0.817. The largest absolute Gasteiger partial charge is 0.477 e. The van der Waals surface area contributed by atoms with Gasteiger partial charge in [0.15, 0.2) is 0 Å². The van der Waals surface area contributed by atoms with Gasteiger partial charge in [0.05, 0.1) is 0 Å². The van der Waals surface area contributed by atoms with Crippen LogP contribution in [0, 0.1) is 5.92 Å². The van der Waals surface area contributed by atoms with Crippen molar-refractivity contribution in [3.8, 4) is 0 Å². The van der Waals surface area contributed by atoms with Gasteiger partial charge in [-0.2, -0.15) is 0 Å². The Morgan fingerprint density at radius 3 is 3.00 bits per heavy atom. The van der Waals surface area contributed by atoms with Gasteiger partial charge in [-0.3, -0.25) is 0 Å². The first-order chi connectivity index (χ1) is 7.75. The Morgan fingerprint density at radius 1 is 1.56 bits per heavy atom. The summed E-state index contributed by atoms with van der Waals surface area (Å²) in [4.78, 5) is 12.3. The summed E-state index contributed by atoms with van der Waals surface area (Å²) in [5.74, 6) is -0.140. The Morgan fingerprint density at radius 2 is 2.38 bits per heavy atom. The molecule has 2 heterocycles. The molecule has 3 rings (SSSR count). The number of hydrogen-bond acceptors (Lipinski definition) is 2. The molecule has 0 atom stereocenters. The maximum absolute atomic E-state index is 11.2. The molecular weight excluding hydrogens is 222 g/mol. The first kappa shape index (κ1) is 9.90. The van der Waals surface area contributed by atoms with Crippen LogP contribution in [-0.2, 0) is 6.54 Å². The van der Waals surface area contributed by atoms with Gasteiger partial charge in [-0.1, -0.05) is 6.42 Å². The first-order valence-electron chi connectivity index (χ1n) is 5.56. The second kappa shape index (κ2) is 3.63. The number of fused-ring (bicyclic) bond motifs is 1. The number of thiophene rings is 1. The van der Waals surface area contributed by atoms with E-state index >= 15 is 0 Å². The number of aromatic carboxylic acids is 1. The van der Waals surface area contributed by atoms with E-state index in [-0.39, 0.29) is 0 Å². The predicted octanol–water partition coefficient (Wildman–Crippen LogP) is 3.20. The van der Waals surface area contributed by atoms with Gasteiger partial charge in [0.25, 0.3) is 0 Å². The van der Waals surface area contributed by atoms with Gasteiger partial charge in [0.2, 0.25) is 0 Å². The van der Waals surface area contributed by atoms with Crippen molar-refractivity contribution in [3.63, 3.8) is 0 Å². The SMILES string of the molecule is O=C(O)c1cc2ccsc2n1CC1CCC1. The number of nitrogens with zero attached hydrogens (tertiary/aromatic N) is 1. The van der Waals surface area contributed by atoms with Crippen LogP contribution in [-0.4, -0.2) is 15.6 Å². The van der Waals surface area contributed by atoms with Crippen LogP contribution < -0.4 is 0 Å². The summed E-state index contributed by atoms with van der Waals surface area (Å²) < 4.78 is 1.98. The van der Waals surface area contributed by atoms with Crippen molar-refractivity contribution in [2.24, 2.45) is 5.92 Å². The van der Waals surface area contributed by atoms with E-state index in [1.807, 2.05) is 16.0 Å². The summed E-state index contributed by atoms with van der Waals surface area (Å²) >= 11 is 1.63. The molecule has 1 N–H and O–H groups in total. The lowest BCUT2D eigenvalue weighted by Gasteiger charge is -2.26. The third-order valence-corrected chi connectivity index (χ3v) is 4.34. The van der Waals surface area contributed by atoms with Crippen LogP contribution in [0.25, 0.3) is 10.2 Å². The van der Waals surface area contributed by atoms with E-state index in [9.17, 15) is 9.90 Å². The number of hydrogen-bond donors (Lipinski definition) is 1. The van der Waals surface area contributed by atoms with Gasteiger partial charge in [0, 0.05) is 11.9 Å². The van der Waals surface area contributed by atoms with Crippen LogP contribution in [0.4, 0.5) is 0 Å². The number of carbonyl (C=O) groups is 1. The monoisotopic (exact) mass is 235 g/mol. The van der Waals surface area contributed by atoms with E-state index in [1.54, 1.807) is 17.4 Å². The standard InChI is InChI=1S/C12H13NO2S/c14-12(15)10-6-9-4-5-16-11(9)13(10)7-8-2-1-3-8/h4-6,8H,1-3,7H2,(H,14,15). The fourth-order valence-corrected chi connectivity index (χ4v) is 3.17. The molecule has 1 aliphatic carbocycles. The van der Waals surface area contributed by atoms with E-state index in [4.69, 9.17) is 0 Å². The molecule has 0 amide bonds. The van der Waals surface area contributed by atoms with Gasteiger partial charge in [0.1, 0.15) is 10.5 Å². The lowest BCUT2D eigenvalue weighted by molar-refractivity contribution is 0.0683. The minimum absolute atomic E-state index is 0.439. The number of carboxylic acid groups (broad SMARTS) is 1. The van der Waals surface area contributed by atoms with Crippen molar-refractivity contribution in [2.75, 3.05) is 0 Å². The normalized spacial score (nSPS) is 16.5. The molecule has 3 nitrogen and oxygen atoms in total. The zero-order chi connectivity index (χ0) is 11.1. The number of carboxylic acids is 1. The topological polar surface area (TPSA) is 42.2 Å². The molecule has 84 valence electrons. The van der Waals surface area contributed by atoms with Crippen LogP contribution in [0.1, 0.15) is 29.8 Å². The molecule has 1 aliphatic rings. The Kier molecular flexibility index (Phi) is 2.24. The molecule has 2 aromatic heterocycles. The maximum Gasteiger partial charge on any atom is 0.352 e. The summed E-state index contributed by atoms with van der Waals surface area (Å²) in [5.41, 5.74) is 0.439. The van der Waals surface area contributed by atoms with Crippen molar-refractivity contribution in [1.29, 1.82) is 0 Å². The average Bonchev–Trinajstić information content (AvgIpc) is 2.70. The first-order valence-corrected chi connectivity index (χ1v) is 6.43. The Labute approximate surface area is 97.3 Å². The zero-order valence-corrected chi connectivity index (χ0v) is 9.67. The predicted molar refractivity (Wildman–Crippen MR) is 64.1 cm³/mol. The van der Waals surface area contributed by atoms with Crippen LogP contribution in [0.2, 0.25) is 0 Å². The quantitative estimate of drug-likeness (QED) is 0.887. The molecule has 16 heavy (non-hydrogen) atoms. The zero-order valence-electron chi connectivity index (χ0n) is 8.85. The Balaban J connectivity index is 2.05. The highest BCUT2D eigenvalue weighted by Gasteiger charge is 2.22. The molecular formula is C12H13NO2S. The highest BCUT2D eigenvalue weighted by atomic mass is 32.1. The lowest BCUT2D eigenvalue weighted by Crippen LogP contribution is -2.20. The lowest BCUT2D eigenvalue weighted by atomic mass is 9.85. The molecule has 0 aromatic carbocycles. The van der Waals surface area contributed by atoms with E-state index in [0.717, 1.165) is 16.8 Å². The summed E-state index contributed by atoms with van der Waals surface area (Å²) in [7, 11) is 0. The molecule has 0 radical (unpaired) electrons. The van der Waals surface area contributed by atoms with E-state index in [1.165, 1.54) is 19.3 Å². The summed E-state index contributed by atoms with van der Waals surface area (Å²) in [5, 5.41) is 12.3. The van der Waals surface area contributed by atoms with Gasteiger partial charge in [-0.15, -0.1) is 11.3 Å². The molecule has 0 unspecified atom stereocenters. The number of aromatic nitrogens is 1. The van der Waals surface area contributed by atoms with Crippen molar-refractivity contribution < 1.29 is 9.90 Å². The molecule has 0 spiro atoms. The smallest absolute Gasteiger partial charge is 0.352 e. The third-order valence-electron chi connectivity index (χ3n) is 3.39. The van der Waals surface area contributed by atoms with Crippen molar-refractivity contribution in [1.82, 2.24) is 4.57 Å². The van der Waals surface area contributed by atoms with Crippen molar-refractivity contribution in [2.45, 2.75) is 25.8 Å². The van der Waals surface area contributed by atoms with Crippen LogP contribution in [0.3, 0.4) is 0 Å². The molecule has 0 saturated heterocycles. The van der Waals surface area contributed by atoms with Gasteiger partial charge < -0.3 is 9.67 Å². The molecule has 4 heteroatoms. The molecule has 0 aliphatic heterocycles. The van der Waals surface area contributed by atoms with Crippen LogP contribution >= 0.6 is 11.3 Å². The fraction of sp³-hybridized carbons (Fsp3) is 0.417. The summed E-state index contributed by atoms with van der Waals surface area (Å²) in [6.07, 6.45) is 3.77. The molecule has 0 bridgehead atoms. The van der Waals surface area contributed by atoms with E-state index < -0.39 is 5.97 Å². The second-order valence-corrected chi connectivity index (χ2v) is 5.32. The highest BCUT2D eigenvalue weighted by molar-refractivity contribution is 7.16. The van der Waals surface area contributed by atoms with Gasteiger partial charge in [-0.05, 0) is 36.3 Å². The van der Waals surface area contributed by atoms with Gasteiger partial charge >= 0.3 is 5.97 Å². The Hall–Kier alpha value is -1.29. The summed E-state index contributed by atoms with van der Waals surface area (Å²) in [6, 6.07) is 3.77. The van der Waals surface area contributed by atoms with E-state index in [2.05, 4.69) is 0 Å².